The van der Waals surface area contributed by atoms with Gasteiger partial charge in [0.15, 0.2) is 0 Å². The maximum Gasteiger partial charge on any atom is 0.338 e. The molecule has 0 fully saturated rings. The molecule has 1 aromatic carbocycles. The maximum atomic E-state index is 12.0. The Labute approximate surface area is 156 Å². The van der Waals surface area contributed by atoms with E-state index in [0.717, 1.165) is 12.8 Å². The molecule has 0 aliphatic heterocycles. The first-order chi connectivity index (χ1) is 12.2. The quantitative estimate of drug-likeness (QED) is 0.250. The van der Waals surface area contributed by atoms with Crippen LogP contribution in [-0.4, -0.2) is 19.0 Å². The predicted molar refractivity (Wildman–Crippen MR) is 103 cm³/mol. The second-order valence-corrected chi connectivity index (χ2v) is 6.68. The Balaban J connectivity index is 2.11. The summed E-state index contributed by atoms with van der Waals surface area (Å²) in [5.74, 6) is -0.387. The van der Waals surface area contributed by atoms with Crippen molar-refractivity contribution in [2.24, 2.45) is 0 Å². The highest BCUT2D eigenvalue weighted by Gasteiger charge is 2.10. The highest BCUT2D eigenvalue weighted by molar-refractivity contribution is 6.33. The minimum Gasteiger partial charge on any atom is -0.462 e. The Bertz CT molecular complexity index is 520. The average molecular weight is 368 g/mol. The van der Waals surface area contributed by atoms with Gasteiger partial charge in [-0.1, -0.05) is 76.3 Å². The second-order valence-electron chi connectivity index (χ2n) is 6.27. The molecule has 0 radical (unpaired) electrons. The molecule has 0 atom stereocenters. The van der Waals surface area contributed by atoms with Gasteiger partial charge in [-0.3, -0.25) is 4.79 Å². The smallest absolute Gasteiger partial charge is 0.338 e. The van der Waals surface area contributed by atoms with E-state index < -0.39 is 0 Å². The number of halogens is 1. The van der Waals surface area contributed by atoms with Crippen molar-refractivity contribution in [2.45, 2.75) is 71.1 Å². The van der Waals surface area contributed by atoms with E-state index in [0.29, 0.717) is 29.3 Å². The molecule has 0 aliphatic rings. The van der Waals surface area contributed by atoms with E-state index in [1.807, 2.05) is 0 Å². The summed E-state index contributed by atoms with van der Waals surface area (Å²) in [5.41, 5.74) is 0.797. The minimum absolute atomic E-state index is 0.387. The number of hydrogen-bond donors (Lipinski definition) is 1. The normalized spacial score (nSPS) is 10.5. The lowest BCUT2D eigenvalue weighted by atomic mass is 10.1. The third-order valence-electron chi connectivity index (χ3n) is 4.15. The number of carbonyl (C=O) groups is 2. The molecule has 0 heterocycles. The molecule has 0 spiro atoms. The van der Waals surface area contributed by atoms with Crippen LogP contribution in [0.3, 0.4) is 0 Å². The van der Waals surface area contributed by atoms with Gasteiger partial charge in [-0.2, -0.15) is 0 Å². The van der Waals surface area contributed by atoms with Crippen LogP contribution in [0.2, 0.25) is 5.02 Å². The molecule has 5 heteroatoms. The molecular formula is C20H30ClNO3. The SMILES string of the molecule is CCCCCCCCCCCCOC(=O)c1ccc(Cl)c(NC=O)c1. The van der Waals surface area contributed by atoms with E-state index in [1.54, 1.807) is 12.1 Å². The highest BCUT2D eigenvalue weighted by Crippen LogP contribution is 2.23. The molecule has 1 aromatic rings. The van der Waals surface area contributed by atoms with Gasteiger partial charge >= 0.3 is 5.97 Å². The first kappa shape index (κ1) is 21.5. The van der Waals surface area contributed by atoms with Gasteiger partial charge in [0.25, 0.3) is 0 Å². The van der Waals surface area contributed by atoms with Crippen LogP contribution < -0.4 is 5.32 Å². The fourth-order valence-electron chi connectivity index (χ4n) is 2.66. The molecule has 0 aliphatic carbocycles. The first-order valence-corrected chi connectivity index (χ1v) is 9.73. The van der Waals surface area contributed by atoms with Crippen LogP contribution in [0, 0.1) is 0 Å². The van der Waals surface area contributed by atoms with Crippen LogP contribution in [0.4, 0.5) is 5.69 Å². The maximum absolute atomic E-state index is 12.0. The van der Waals surface area contributed by atoms with Crippen LogP contribution in [-0.2, 0) is 9.53 Å². The average Bonchev–Trinajstić information content (AvgIpc) is 2.61. The summed E-state index contributed by atoms with van der Waals surface area (Å²) < 4.78 is 5.27. The molecular weight excluding hydrogens is 338 g/mol. The third-order valence-corrected chi connectivity index (χ3v) is 4.48. The van der Waals surface area contributed by atoms with Crippen molar-refractivity contribution in [3.63, 3.8) is 0 Å². The van der Waals surface area contributed by atoms with Gasteiger partial charge in [0.05, 0.1) is 22.9 Å². The molecule has 0 unspecified atom stereocenters. The van der Waals surface area contributed by atoms with Crippen LogP contribution in [0.1, 0.15) is 81.5 Å². The summed E-state index contributed by atoms with van der Waals surface area (Å²) in [6.45, 7) is 2.66. The number of carbonyl (C=O) groups excluding carboxylic acids is 2. The number of benzene rings is 1. The van der Waals surface area contributed by atoms with Gasteiger partial charge in [0, 0.05) is 0 Å². The van der Waals surface area contributed by atoms with E-state index in [9.17, 15) is 9.59 Å². The van der Waals surface area contributed by atoms with Crippen molar-refractivity contribution in [2.75, 3.05) is 11.9 Å². The molecule has 0 saturated heterocycles. The predicted octanol–water partition coefficient (Wildman–Crippen LogP) is 5.99. The number of unbranched alkanes of at least 4 members (excludes halogenated alkanes) is 9. The molecule has 4 nitrogen and oxygen atoms in total. The van der Waals surface area contributed by atoms with Gasteiger partial charge in [0.2, 0.25) is 6.41 Å². The zero-order valence-corrected chi connectivity index (χ0v) is 15.9. The van der Waals surface area contributed by atoms with Crippen molar-refractivity contribution in [3.05, 3.63) is 28.8 Å². The number of nitrogens with one attached hydrogen (secondary N) is 1. The molecule has 1 rings (SSSR count). The lowest BCUT2D eigenvalue weighted by Crippen LogP contribution is -2.07. The second kappa shape index (κ2) is 13.7. The van der Waals surface area contributed by atoms with E-state index in [-0.39, 0.29) is 5.97 Å². The summed E-state index contributed by atoms with van der Waals surface area (Å²) >= 11 is 5.93. The standard InChI is InChI=1S/C20H30ClNO3/c1-2-3-4-5-6-7-8-9-10-11-14-25-20(24)17-12-13-18(21)19(15-17)22-16-23/h12-13,15-16H,2-11,14H2,1H3,(H,22,23). The summed E-state index contributed by atoms with van der Waals surface area (Å²) in [6.07, 6.45) is 13.0. The van der Waals surface area contributed by atoms with E-state index >= 15 is 0 Å². The monoisotopic (exact) mass is 367 g/mol. The fourth-order valence-corrected chi connectivity index (χ4v) is 2.84. The first-order valence-electron chi connectivity index (χ1n) is 9.36. The van der Waals surface area contributed by atoms with Crippen molar-refractivity contribution < 1.29 is 14.3 Å². The van der Waals surface area contributed by atoms with Crippen molar-refractivity contribution >= 4 is 29.7 Å². The van der Waals surface area contributed by atoms with E-state index in [1.165, 1.54) is 57.4 Å². The Kier molecular flexibility index (Phi) is 11.8. The van der Waals surface area contributed by atoms with Crippen LogP contribution in [0.25, 0.3) is 0 Å². The lowest BCUT2D eigenvalue weighted by molar-refractivity contribution is -0.105. The Morgan fingerprint density at radius 1 is 1.04 bits per heavy atom. The Morgan fingerprint density at radius 2 is 1.64 bits per heavy atom. The zero-order valence-electron chi connectivity index (χ0n) is 15.2. The fraction of sp³-hybridized carbons (Fsp3) is 0.600. The number of rotatable bonds is 14. The largest absolute Gasteiger partial charge is 0.462 e. The van der Waals surface area contributed by atoms with Gasteiger partial charge in [-0.15, -0.1) is 0 Å². The molecule has 0 aromatic heterocycles. The zero-order chi connectivity index (χ0) is 18.3. The van der Waals surface area contributed by atoms with Gasteiger partial charge < -0.3 is 10.1 Å². The summed E-state index contributed by atoms with van der Waals surface area (Å²) in [6, 6.07) is 4.70. The molecule has 1 amide bonds. The molecule has 25 heavy (non-hydrogen) atoms. The van der Waals surface area contributed by atoms with E-state index in [4.69, 9.17) is 16.3 Å². The Morgan fingerprint density at radius 3 is 2.24 bits per heavy atom. The number of anilines is 1. The van der Waals surface area contributed by atoms with Crippen LogP contribution in [0.5, 0.6) is 0 Å². The summed E-state index contributed by atoms with van der Waals surface area (Å²) in [4.78, 5) is 22.5. The van der Waals surface area contributed by atoms with Gasteiger partial charge in [-0.05, 0) is 24.6 Å². The van der Waals surface area contributed by atoms with Gasteiger partial charge in [-0.25, -0.2) is 4.79 Å². The molecule has 140 valence electrons. The number of esters is 1. The minimum atomic E-state index is -0.387. The van der Waals surface area contributed by atoms with Crippen molar-refractivity contribution in [1.82, 2.24) is 0 Å². The van der Waals surface area contributed by atoms with Crippen molar-refractivity contribution in [1.29, 1.82) is 0 Å². The molecule has 0 saturated carbocycles. The number of ether oxygens (including phenoxy) is 1. The number of amides is 1. The lowest BCUT2D eigenvalue weighted by Gasteiger charge is -2.07. The molecule has 1 N–H and O–H groups in total. The third kappa shape index (κ3) is 9.49. The number of hydrogen-bond acceptors (Lipinski definition) is 3. The van der Waals surface area contributed by atoms with Gasteiger partial charge in [0.1, 0.15) is 0 Å². The molecule has 0 bridgehead atoms. The van der Waals surface area contributed by atoms with Crippen molar-refractivity contribution in [3.8, 4) is 0 Å². The highest BCUT2D eigenvalue weighted by atomic mass is 35.5. The summed E-state index contributed by atoms with van der Waals surface area (Å²) in [7, 11) is 0. The summed E-state index contributed by atoms with van der Waals surface area (Å²) in [5, 5.41) is 2.85. The van der Waals surface area contributed by atoms with Crippen LogP contribution in [0.15, 0.2) is 18.2 Å². The van der Waals surface area contributed by atoms with Crippen LogP contribution >= 0.6 is 11.6 Å². The van der Waals surface area contributed by atoms with E-state index in [2.05, 4.69) is 12.2 Å². The topological polar surface area (TPSA) is 55.4 Å². The Hall–Kier alpha value is -1.55.